The zero-order chi connectivity index (χ0) is 19.3. The van der Waals surface area contributed by atoms with Crippen LogP contribution >= 0.6 is 11.6 Å². The molecule has 0 radical (unpaired) electrons. The molecule has 0 bridgehead atoms. The Morgan fingerprint density at radius 3 is 2.52 bits per heavy atom. The van der Waals surface area contributed by atoms with E-state index < -0.39 is 17.4 Å². The lowest BCUT2D eigenvalue weighted by Crippen LogP contribution is -2.06. The lowest BCUT2D eigenvalue weighted by atomic mass is 10.1. The molecule has 2 heterocycles. The average Bonchev–Trinajstić information content (AvgIpc) is 3.09. The molecule has 0 atom stereocenters. The van der Waals surface area contributed by atoms with Crippen molar-refractivity contribution in [1.82, 2.24) is 9.97 Å². The summed E-state index contributed by atoms with van der Waals surface area (Å²) in [5, 5.41) is 8.81. The van der Waals surface area contributed by atoms with Crippen molar-refractivity contribution in [2.24, 2.45) is 0 Å². The fourth-order valence-electron chi connectivity index (χ4n) is 2.71. The number of fused-ring (bicyclic) bond motifs is 3. The minimum atomic E-state index is -4.71. The van der Waals surface area contributed by atoms with Crippen LogP contribution in [0.3, 0.4) is 0 Å². The Hall–Kier alpha value is -3.31. The number of aromatic nitrogens is 2. The lowest BCUT2D eigenvalue weighted by Gasteiger charge is -2.05. The molecule has 0 saturated carbocycles. The summed E-state index contributed by atoms with van der Waals surface area (Å²) in [7, 11) is 0. The summed E-state index contributed by atoms with van der Waals surface area (Å²) in [6.45, 7) is 0. The third-order valence-corrected chi connectivity index (χ3v) is 4.28. The quantitative estimate of drug-likeness (QED) is 0.503. The van der Waals surface area contributed by atoms with Crippen LogP contribution < -0.4 is 5.43 Å². The highest BCUT2D eigenvalue weighted by atomic mass is 35.5. The number of hydrogen-bond donors (Lipinski definition) is 1. The second kappa shape index (κ2) is 5.86. The van der Waals surface area contributed by atoms with E-state index >= 15 is 0 Å². The van der Waals surface area contributed by atoms with E-state index in [0.717, 1.165) is 0 Å². The van der Waals surface area contributed by atoms with E-state index in [4.69, 9.17) is 21.3 Å². The zero-order valence-corrected chi connectivity index (χ0v) is 13.9. The molecule has 0 amide bonds. The Labute approximate surface area is 153 Å². The summed E-state index contributed by atoms with van der Waals surface area (Å²) in [6, 6.07) is 10.6. The molecule has 2 aromatic carbocycles. The third kappa shape index (κ3) is 2.82. The Kier molecular flexibility index (Phi) is 3.71. The van der Waals surface area contributed by atoms with E-state index in [9.17, 15) is 18.0 Å². The molecule has 2 aromatic heterocycles. The van der Waals surface area contributed by atoms with Gasteiger partial charge in [0.2, 0.25) is 5.82 Å². The third-order valence-electron chi connectivity index (χ3n) is 3.98. The van der Waals surface area contributed by atoms with Gasteiger partial charge in [0.25, 0.3) is 0 Å². The van der Waals surface area contributed by atoms with Crippen molar-refractivity contribution in [2.45, 2.75) is 6.18 Å². The second-order valence-electron chi connectivity index (χ2n) is 5.71. The maximum Gasteiger partial charge on any atom is 0.449 e. The van der Waals surface area contributed by atoms with Crippen molar-refractivity contribution in [2.75, 3.05) is 0 Å². The number of nitriles is 1. The van der Waals surface area contributed by atoms with E-state index in [1.54, 1.807) is 12.1 Å². The zero-order valence-electron chi connectivity index (χ0n) is 13.2. The molecule has 0 unspecified atom stereocenters. The van der Waals surface area contributed by atoms with Crippen molar-refractivity contribution in [3.05, 3.63) is 63.0 Å². The molecule has 4 rings (SSSR count). The van der Waals surface area contributed by atoms with Gasteiger partial charge in [-0.15, -0.1) is 0 Å². The van der Waals surface area contributed by atoms with Gasteiger partial charge in [0.05, 0.1) is 27.6 Å². The molecule has 134 valence electrons. The minimum Gasteiger partial charge on any atom is -0.453 e. The first-order valence-corrected chi connectivity index (χ1v) is 7.89. The number of halogens is 4. The first-order valence-electron chi connectivity index (χ1n) is 7.52. The van der Waals surface area contributed by atoms with Crippen molar-refractivity contribution >= 4 is 33.6 Å². The SMILES string of the molecule is N#Cc1ccc(-c2cc(=O)c3cc(Cl)c4[nH]c(C(F)(F)F)nc4c3o2)cc1. The Bertz CT molecular complexity index is 1300. The molecule has 4 aromatic rings. The molecule has 5 nitrogen and oxygen atoms in total. The van der Waals surface area contributed by atoms with Gasteiger partial charge in [0.1, 0.15) is 11.3 Å². The van der Waals surface area contributed by atoms with E-state index in [1.165, 1.54) is 24.3 Å². The number of benzene rings is 2. The van der Waals surface area contributed by atoms with Crippen molar-refractivity contribution in [3.63, 3.8) is 0 Å². The molecular weight excluding hydrogens is 383 g/mol. The van der Waals surface area contributed by atoms with Crippen molar-refractivity contribution in [1.29, 1.82) is 5.26 Å². The molecule has 0 aliphatic rings. The topological polar surface area (TPSA) is 82.7 Å². The summed E-state index contributed by atoms with van der Waals surface area (Å²) in [4.78, 5) is 18.1. The smallest absolute Gasteiger partial charge is 0.449 e. The highest BCUT2D eigenvalue weighted by Crippen LogP contribution is 2.35. The number of nitrogens with one attached hydrogen (secondary N) is 1. The standard InChI is InChI=1S/C18H7ClF3N3O2/c19-11-5-10-12(26)6-13(9-3-1-8(7-23)2-4-9)27-16(10)15-14(11)24-17(25-15)18(20,21)22/h1-6H,(H,24,25). The molecule has 9 heteroatoms. The predicted octanol–water partition coefficient (Wildman–Crippen LogP) is 4.88. The van der Waals surface area contributed by atoms with Gasteiger partial charge in [-0.3, -0.25) is 4.79 Å². The fourth-order valence-corrected chi connectivity index (χ4v) is 2.96. The maximum absolute atomic E-state index is 13.0. The van der Waals surface area contributed by atoms with E-state index in [-0.39, 0.29) is 32.8 Å². The number of imidazole rings is 1. The van der Waals surface area contributed by atoms with E-state index in [0.29, 0.717) is 11.1 Å². The Morgan fingerprint density at radius 2 is 1.89 bits per heavy atom. The number of alkyl halides is 3. The number of rotatable bonds is 1. The summed E-state index contributed by atoms with van der Waals surface area (Å²) < 4.78 is 44.7. The van der Waals surface area contributed by atoms with Gasteiger partial charge in [0, 0.05) is 11.6 Å². The number of aromatic amines is 1. The predicted molar refractivity (Wildman–Crippen MR) is 92.3 cm³/mol. The van der Waals surface area contributed by atoms with Gasteiger partial charge in [-0.05, 0) is 30.3 Å². The van der Waals surface area contributed by atoms with Crippen molar-refractivity contribution in [3.8, 4) is 17.4 Å². The average molecular weight is 390 g/mol. The molecule has 27 heavy (non-hydrogen) atoms. The van der Waals surface area contributed by atoms with E-state index in [2.05, 4.69) is 9.97 Å². The molecule has 0 aliphatic heterocycles. The highest BCUT2D eigenvalue weighted by Gasteiger charge is 2.35. The number of hydrogen-bond acceptors (Lipinski definition) is 4. The minimum absolute atomic E-state index is 0.0186. The van der Waals surface area contributed by atoms with Crippen LogP contribution in [0.4, 0.5) is 13.2 Å². The van der Waals surface area contributed by atoms with Crippen LogP contribution in [-0.2, 0) is 6.18 Å². The first-order chi connectivity index (χ1) is 12.8. The first kappa shape index (κ1) is 17.1. The van der Waals surface area contributed by atoms with Gasteiger partial charge in [-0.1, -0.05) is 11.6 Å². The van der Waals surface area contributed by atoms with Crippen LogP contribution in [0.2, 0.25) is 5.02 Å². The van der Waals surface area contributed by atoms with Crippen LogP contribution in [0, 0.1) is 11.3 Å². The molecule has 0 fully saturated rings. The van der Waals surface area contributed by atoms with Gasteiger partial charge in [-0.25, -0.2) is 4.98 Å². The summed E-state index contributed by atoms with van der Waals surface area (Å²) in [6.07, 6.45) is -4.71. The Balaban J connectivity index is 2.03. The van der Waals surface area contributed by atoms with Crippen LogP contribution in [0.1, 0.15) is 11.4 Å². The van der Waals surface area contributed by atoms with Gasteiger partial charge in [-0.2, -0.15) is 18.4 Å². The van der Waals surface area contributed by atoms with Gasteiger partial charge >= 0.3 is 6.18 Å². The highest BCUT2D eigenvalue weighted by molar-refractivity contribution is 6.36. The molecule has 0 saturated heterocycles. The summed E-state index contributed by atoms with van der Waals surface area (Å²) in [5.74, 6) is -1.10. The van der Waals surface area contributed by atoms with Crippen molar-refractivity contribution < 1.29 is 17.6 Å². The number of nitrogens with zero attached hydrogens (tertiary/aromatic N) is 2. The lowest BCUT2D eigenvalue weighted by molar-refractivity contribution is -0.144. The van der Waals surface area contributed by atoms with Gasteiger partial charge < -0.3 is 9.40 Å². The summed E-state index contributed by atoms with van der Waals surface area (Å²) in [5.41, 5.74) is 0.0684. The monoisotopic (exact) mass is 389 g/mol. The normalized spacial score (nSPS) is 11.8. The largest absolute Gasteiger partial charge is 0.453 e. The number of H-pyrrole nitrogens is 1. The van der Waals surface area contributed by atoms with Crippen LogP contribution in [0.5, 0.6) is 0 Å². The molecule has 1 N–H and O–H groups in total. The maximum atomic E-state index is 13.0. The molecule has 0 spiro atoms. The second-order valence-corrected chi connectivity index (χ2v) is 6.11. The molecular formula is C18H7ClF3N3O2. The van der Waals surface area contributed by atoms with Gasteiger partial charge in [0.15, 0.2) is 11.0 Å². The van der Waals surface area contributed by atoms with Crippen LogP contribution in [0.15, 0.2) is 45.6 Å². The molecule has 0 aliphatic carbocycles. The fraction of sp³-hybridized carbons (Fsp3) is 0.0556. The summed E-state index contributed by atoms with van der Waals surface area (Å²) >= 11 is 6.01. The van der Waals surface area contributed by atoms with Crippen LogP contribution in [-0.4, -0.2) is 9.97 Å². The Morgan fingerprint density at radius 1 is 1.19 bits per heavy atom. The van der Waals surface area contributed by atoms with Crippen LogP contribution in [0.25, 0.3) is 33.3 Å². The van der Waals surface area contributed by atoms with E-state index in [1.807, 2.05) is 6.07 Å².